The van der Waals surface area contributed by atoms with Crippen molar-refractivity contribution in [3.05, 3.63) is 40.8 Å². The Labute approximate surface area is 135 Å². The Hall–Kier alpha value is -1.17. The average Bonchev–Trinajstić information content (AvgIpc) is 2.77. The van der Waals surface area contributed by atoms with Gasteiger partial charge in [-0.2, -0.15) is 0 Å². The monoisotopic (exact) mass is 319 g/mol. The van der Waals surface area contributed by atoms with Crippen LogP contribution in [0.2, 0.25) is 0 Å². The van der Waals surface area contributed by atoms with Crippen LogP contribution in [0, 0.1) is 0 Å². The van der Waals surface area contributed by atoms with Crippen LogP contribution in [-0.2, 0) is 4.79 Å². The molecule has 0 aliphatic carbocycles. The molecule has 21 heavy (non-hydrogen) atoms. The highest BCUT2D eigenvalue weighted by molar-refractivity contribution is 8.26. The fraction of sp³-hybridized carbons (Fsp3) is 0.375. The number of benzene rings is 1. The first kappa shape index (κ1) is 14.8. The molecule has 2 saturated heterocycles. The minimum absolute atomic E-state index is 0.0620. The molecule has 2 fully saturated rings. The fourth-order valence-corrected chi connectivity index (χ4v) is 4.03. The zero-order chi connectivity index (χ0) is 14.7. The Morgan fingerprint density at radius 3 is 2.62 bits per heavy atom. The molecule has 1 aromatic carbocycles. The number of hydrogen-bond acceptors (Lipinski definition) is 3. The van der Waals surface area contributed by atoms with E-state index in [4.69, 9.17) is 12.2 Å². The van der Waals surface area contributed by atoms with Gasteiger partial charge in [0.1, 0.15) is 0 Å². The molecule has 2 aliphatic heterocycles. The van der Waals surface area contributed by atoms with Gasteiger partial charge < -0.3 is 4.90 Å². The van der Waals surface area contributed by atoms with E-state index in [0.29, 0.717) is 4.32 Å². The largest absolute Gasteiger partial charge is 0.317 e. The first-order valence-corrected chi connectivity index (χ1v) is 8.60. The number of carbonyl (C=O) groups is 1. The smallest absolute Gasteiger partial charge is 0.270 e. The van der Waals surface area contributed by atoms with Crippen LogP contribution in [0.15, 0.2) is 35.2 Å². The van der Waals surface area contributed by atoms with Crippen LogP contribution in [0.3, 0.4) is 0 Å². The second kappa shape index (κ2) is 6.73. The average molecular weight is 319 g/mol. The molecule has 0 bridgehead atoms. The van der Waals surface area contributed by atoms with Gasteiger partial charge >= 0.3 is 0 Å². The predicted molar refractivity (Wildman–Crippen MR) is 90.9 cm³/mol. The molecular formula is C16H19N2OS2+. The maximum atomic E-state index is 12.5. The molecule has 3 rings (SSSR count). The number of carbonyl (C=O) groups excluding carboxylic acids is 1. The van der Waals surface area contributed by atoms with Gasteiger partial charge in [-0.15, -0.1) is 0 Å². The summed E-state index contributed by atoms with van der Waals surface area (Å²) in [6.07, 6.45) is 5.76. The lowest BCUT2D eigenvalue weighted by atomic mass is 10.1. The van der Waals surface area contributed by atoms with Gasteiger partial charge in [0.25, 0.3) is 5.91 Å². The van der Waals surface area contributed by atoms with E-state index in [1.807, 2.05) is 36.4 Å². The summed E-state index contributed by atoms with van der Waals surface area (Å²) >= 11 is 6.81. The van der Waals surface area contributed by atoms with Gasteiger partial charge in [-0.25, -0.2) is 4.90 Å². The summed E-state index contributed by atoms with van der Waals surface area (Å²) in [5, 5.41) is 0. The molecule has 2 heterocycles. The zero-order valence-corrected chi connectivity index (χ0v) is 13.5. The normalized spacial score (nSPS) is 22.3. The summed E-state index contributed by atoms with van der Waals surface area (Å²) in [6.45, 7) is 3.01. The first-order valence-electron chi connectivity index (χ1n) is 7.38. The van der Waals surface area contributed by atoms with Crippen molar-refractivity contribution in [2.24, 2.45) is 0 Å². The van der Waals surface area contributed by atoms with E-state index in [0.717, 1.165) is 30.2 Å². The number of piperidine rings is 1. The molecule has 1 N–H and O–H groups in total. The Balaban J connectivity index is 1.71. The maximum Gasteiger partial charge on any atom is 0.270 e. The minimum Gasteiger partial charge on any atom is -0.317 e. The summed E-state index contributed by atoms with van der Waals surface area (Å²) < 4.78 is 0.695. The molecule has 0 aromatic heterocycles. The highest BCUT2D eigenvalue weighted by Crippen LogP contribution is 2.31. The van der Waals surface area contributed by atoms with Gasteiger partial charge in [0.15, 0.2) is 11.0 Å². The quantitative estimate of drug-likeness (QED) is 0.680. The summed E-state index contributed by atoms with van der Waals surface area (Å²) in [5.41, 5.74) is 1.04. The van der Waals surface area contributed by atoms with Crippen molar-refractivity contribution < 1.29 is 9.69 Å². The standard InChI is InChI=1S/C16H18N2OS2/c19-15-14(11-13-7-3-1-4-8-13)21-16(20)18(15)12-17-9-5-2-6-10-17/h1,3-4,7-8,11H,2,5-6,9-10,12H2/p+1/b14-11-. The van der Waals surface area contributed by atoms with Crippen LogP contribution in [0.4, 0.5) is 0 Å². The maximum absolute atomic E-state index is 12.5. The van der Waals surface area contributed by atoms with Crippen LogP contribution < -0.4 is 4.90 Å². The molecule has 3 nitrogen and oxygen atoms in total. The molecule has 1 aromatic rings. The van der Waals surface area contributed by atoms with E-state index in [2.05, 4.69) is 0 Å². The Morgan fingerprint density at radius 1 is 1.19 bits per heavy atom. The highest BCUT2D eigenvalue weighted by Gasteiger charge is 2.34. The molecule has 0 spiro atoms. The zero-order valence-electron chi connectivity index (χ0n) is 11.9. The van der Waals surface area contributed by atoms with Crippen LogP contribution in [0.5, 0.6) is 0 Å². The Kier molecular flexibility index (Phi) is 4.73. The second-order valence-corrected chi connectivity index (χ2v) is 7.16. The molecule has 2 aliphatic rings. The number of thiocarbonyl (C=S) groups is 1. The number of nitrogens with zero attached hydrogens (tertiary/aromatic N) is 1. The number of quaternary nitrogens is 1. The number of nitrogens with one attached hydrogen (secondary N) is 1. The topological polar surface area (TPSA) is 24.8 Å². The van der Waals surface area contributed by atoms with Crippen LogP contribution >= 0.6 is 24.0 Å². The van der Waals surface area contributed by atoms with Crippen LogP contribution in [0.25, 0.3) is 6.08 Å². The van der Waals surface area contributed by atoms with E-state index in [9.17, 15) is 4.79 Å². The third-order valence-corrected chi connectivity index (χ3v) is 5.29. The lowest BCUT2D eigenvalue weighted by molar-refractivity contribution is -0.911. The second-order valence-electron chi connectivity index (χ2n) is 5.49. The molecule has 0 atom stereocenters. The van der Waals surface area contributed by atoms with Crippen LogP contribution in [0.1, 0.15) is 24.8 Å². The van der Waals surface area contributed by atoms with Crippen molar-refractivity contribution >= 4 is 40.3 Å². The highest BCUT2D eigenvalue weighted by atomic mass is 32.2. The summed E-state index contributed by atoms with van der Waals surface area (Å²) in [6, 6.07) is 9.93. The molecular weight excluding hydrogens is 300 g/mol. The van der Waals surface area contributed by atoms with E-state index < -0.39 is 0 Å². The molecule has 5 heteroatoms. The minimum atomic E-state index is 0.0620. The Bertz CT molecular complexity index is 565. The molecule has 110 valence electrons. The van der Waals surface area contributed by atoms with Gasteiger partial charge in [0.05, 0.1) is 18.0 Å². The third-order valence-electron chi connectivity index (χ3n) is 3.91. The van der Waals surface area contributed by atoms with E-state index in [-0.39, 0.29) is 5.91 Å². The lowest BCUT2D eigenvalue weighted by Crippen LogP contribution is -3.14. The van der Waals surface area contributed by atoms with Gasteiger partial charge in [-0.3, -0.25) is 4.79 Å². The fourth-order valence-electron chi connectivity index (χ4n) is 2.77. The van der Waals surface area contributed by atoms with E-state index in [1.165, 1.54) is 35.9 Å². The van der Waals surface area contributed by atoms with Gasteiger partial charge in [-0.1, -0.05) is 54.3 Å². The molecule has 0 saturated carbocycles. The number of thioether (sulfide) groups is 1. The van der Waals surface area contributed by atoms with Crippen molar-refractivity contribution in [2.75, 3.05) is 19.8 Å². The van der Waals surface area contributed by atoms with Crippen molar-refractivity contribution in [1.82, 2.24) is 4.90 Å². The van der Waals surface area contributed by atoms with Crippen LogP contribution in [-0.4, -0.2) is 34.9 Å². The Morgan fingerprint density at radius 2 is 1.90 bits per heavy atom. The number of rotatable bonds is 3. The van der Waals surface area contributed by atoms with Crippen molar-refractivity contribution in [3.63, 3.8) is 0 Å². The summed E-state index contributed by atoms with van der Waals surface area (Å²) in [5.74, 6) is 0.0620. The van der Waals surface area contributed by atoms with Gasteiger partial charge in [0.2, 0.25) is 0 Å². The number of hydrogen-bond donors (Lipinski definition) is 1. The third kappa shape index (κ3) is 3.54. The SMILES string of the molecule is O=C1/C(=C/c2ccccc2)SC(=S)N1C[NH+]1CCCCC1. The lowest BCUT2D eigenvalue weighted by Gasteiger charge is -2.27. The van der Waals surface area contributed by atoms with E-state index >= 15 is 0 Å². The van der Waals surface area contributed by atoms with Crippen molar-refractivity contribution in [1.29, 1.82) is 0 Å². The van der Waals surface area contributed by atoms with E-state index in [1.54, 1.807) is 4.90 Å². The van der Waals surface area contributed by atoms with Gasteiger partial charge in [0, 0.05) is 0 Å². The number of likely N-dealkylation sites (tertiary alicyclic amines) is 1. The first-order chi connectivity index (χ1) is 10.2. The number of amides is 1. The van der Waals surface area contributed by atoms with Gasteiger partial charge in [-0.05, 0) is 30.9 Å². The summed E-state index contributed by atoms with van der Waals surface area (Å²) in [7, 11) is 0. The summed E-state index contributed by atoms with van der Waals surface area (Å²) in [4.78, 5) is 16.5. The molecule has 0 radical (unpaired) electrons. The van der Waals surface area contributed by atoms with Crippen molar-refractivity contribution in [3.8, 4) is 0 Å². The molecule has 1 amide bonds. The molecule has 0 unspecified atom stereocenters. The van der Waals surface area contributed by atoms with Crippen molar-refractivity contribution in [2.45, 2.75) is 19.3 Å². The predicted octanol–water partition coefficient (Wildman–Crippen LogP) is 1.91.